The van der Waals surface area contributed by atoms with Crippen LogP contribution < -0.4 is 5.32 Å². The lowest BCUT2D eigenvalue weighted by Gasteiger charge is -2.37. The van der Waals surface area contributed by atoms with Crippen LogP contribution in [-0.2, 0) is 0 Å². The van der Waals surface area contributed by atoms with E-state index in [0.29, 0.717) is 6.04 Å². The summed E-state index contributed by atoms with van der Waals surface area (Å²) in [6, 6.07) is 0.669. The number of hydrogen-bond donors (Lipinski definition) is 2. The maximum Gasteiger partial charge on any atom is 0.0611 e. The number of aliphatic hydroxyl groups excluding tert-OH is 1. The average Bonchev–Trinajstić information content (AvgIpc) is 3.35. The molecule has 1 aliphatic heterocycles. The van der Waals surface area contributed by atoms with Crippen molar-refractivity contribution < 1.29 is 5.11 Å². The van der Waals surface area contributed by atoms with E-state index in [-0.39, 0.29) is 12.1 Å². The van der Waals surface area contributed by atoms with Crippen molar-refractivity contribution in [2.24, 2.45) is 5.92 Å². The van der Waals surface area contributed by atoms with Crippen molar-refractivity contribution in [1.29, 1.82) is 0 Å². The molecule has 116 valence electrons. The fourth-order valence-electron chi connectivity index (χ4n) is 3.18. The molecule has 4 heteroatoms. The van der Waals surface area contributed by atoms with Crippen molar-refractivity contribution in [3.05, 3.63) is 0 Å². The van der Waals surface area contributed by atoms with Gasteiger partial charge < -0.3 is 20.2 Å². The van der Waals surface area contributed by atoms with Crippen LogP contribution in [0.15, 0.2) is 0 Å². The van der Waals surface area contributed by atoms with E-state index in [2.05, 4.69) is 22.0 Å². The van der Waals surface area contributed by atoms with Crippen LogP contribution in [0.5, 0.6) is 0 Å². The molecule has 4 nitrogen and oxygen atoms in total. The molecule has 0 aromatic carbocycles. The molecule has 0 amide bonds. The first-order chi connectivity index (χ1) is 9.67. The van der Waals surface area contributed by atoms with Gasteiger partial charge in [-0.3, -0.25) is 0 Å². The Balaban J connectivity index is 1.35. The van der Waals surface area contributed by atoms with E-state index in [1.54, 1.807) is 0 Å². The molecule has 0 aromatic rings. The molecule has 20 heavy (non-hydrogen) atoms. The average molecular weight is 281 g/mol. The number of piperazine rings is 1. The summed E-state index contributed by atoms with van der Waals surface area (Å²) in [5, 5.41) is 13.3. The van der Waals surface area contributed by atoms with E-state index >= 15 is 0 Å². The second kappa shape index (κ2) is 6.30. The summed E-state index contributed by atoms with van der Waals surface area (Å²) in [5.41, 5.74) is -0.0771. The van der Waals surface area contributed by atoms with Gasteiger partial charge in [0.2, 0.25) is 0 Å². The van der Waals surface area contributed by atoms with Crippen LogP contribution in [0.1, 0.15) is 39.0 Å². The Morgan fingerprint density at radius 3 is 2.25 bits per heavy atom. The van der Waals surface area contributed by atoms with Gasteiger partial charge in [0, 0.05) is 50.8 Å². The highest BCUT2D eigenvalue weighted by molar-refractivity contribution is 4.93. The van der Waals surface area contributed by atoms with Crippen molar-refractivity contribution in [3.8, 4) is 0 Å². The van der Waals surface area contributed by atoms with E-state index in [0.717, 1.165) is 18.9 Å². The Bertz CT molecular complexity index is 309. The minimum Gasteiger partial charge on any atom is -0.394 e. The highest BCUT2D eigenvalue weighted by Crippen LogP contribution is 2.30. The number of hydrogen-bond acceptors (Lipinski definition) is 4. The van der Waals surface area contributed by atoms with E-state index < -0.39 is 0 Å². The van der Waals surface area contributed by atoms with Crippen molar-refractivity contribution in [2.45, 2.75) is 50.6 Å². The Morgan fingerprint density at radius 2 is 1.70 bits per heavy atom. The highest BCUT2D eigenvalue weighted by Gasteiger charge is 2.32. The van der Waals surface area contributed by atoms with Crippen molar-refractivity contribution in [1.82, 2.24) is 15.1 Å². The summed E-state index contributed by atoms with van der Waals surface area (Å²) in [6.07, 6.45) is 6.55. The standard InChI is InChI=1S/C16H31N3O/c1-16(13-20,17-15-4-5-15)6-7-18-8-10-19(11-9-18)12-14-2-3-14/h14-15,17,20H,2-13H2,1H3. The molecule has 1 heterocycles. The zero-order chi connectivity index (χ0) is 14.0. The van der Waals surface area contributed by atoms with Crippen LogP contribution in [0.2, 0.25) is 0 Å². The van der Waals surface area contributed by atoms with Gasteiger partial charge >= 0.3 is 0 Å². The maximum absolute atomic E-state index is 9.65. The number of rotatable bonds is 8. The topological polar surface area (TPSA) is 38.7 Å². The van der Waals surface area contributed by atoms with Crippen molar-refractivity contribution in [3.63, 3.8) is 0 Å². The lowest BCUT2D eigenvalue weighted by atomic mass is 9.98. The van der Waals surface area contributed by atoms with Crippen LogP contribution in [0.4, 0.5) is 0 Å². The molecule has 0 aromatic heterocycles. The monoisotopic (exact) mass is 281 g/mol. The fraction of sp³-hybridized carbons (Fsp3) is 1.00. The van der Waals surface area contributed by atoms with Gasteiger partial charge in [0.15, 0.2) is 0 Å². The maximum atomic E-state index is 9.65. The van der Waals surface area contributed by atoms with E-state index in [1.807, 2.05) is 0 Å². The smallest absolute Gasteiger partial charge is 0.0611 e. The van der Waals surface area contributed by atoms with E-state index in [9.17, 15) is 5.11 Å². The molecule has 2 N–H and O–H groups in total. The molecule has 1 unspecified atom stereocenters. The van der Waals surface area contributed by atoms with Crippen LogP contribution in [0, 0.1) is 5.92 Å². The van der Waals surface area contributed by atoms with Gasteiger partial charge in [-0.15, -0.1) is 0 Å². The Morgan fingerprint density at radius 1 is 1.05 bits per heavy atom. The SMILES string of the molecule is CC(CO)(CCN1CCN(CC2CC2)CC1)NC1CC1. The molecular formula is C16H31N3O. The third-order valence-corrected chi connectivity index (χ3v) is 5.14. The largest absolute Gasteiger partial charge is 0.394 e. The van der Waals surface area contributed by atoms with Gasteiger partial charge in [0.1, 0.15) is 0 Å². The third kappa shape index (κ3) is 4.42. The van der Waals surface area contributed by atoms with Gasteiger partial charge in [-0.2, -0.15) is 0 Å². The number of nitrogens with zero attached hydrogens (tertiary/aromatic N) is 2. The molecule has 3 fully saturated rings. The highest BCUT2D eigenvalue weighted by atomic mass is 16.3. The van der Waals surface area contributed by atoms with Gasteiger partial charge in [0.25, 0.3) is 0 Å². The Kier molecular flexibility index (Phi) is 4.65. The summed E-state index contributed by atoms with van der Waals surface area (Å²) >= 11 is 0. The molecule has 0 bridgehead atoms. The first-order valence-corrected chi connectivity index (χ1v) is 8.50. The Labute approximate surface area is 123 Å². The normalized spacial score (nSPS) is 28.5. The van der Waals surface area contributed by atoms with E-state index in [1.165, 1.54) is 58.4 Å². The predicted molar refractivity (Wildman–Crippen MR) is 81.9 cm³/mol. The molecule has 3 rings (SSSR count). The molecule has 3 aliphatic rings. The lowest BCUT2D eigenvalue weighted by Crippen LogP contribution is -2.52. The van der Waals surface area contributed by atoms with Crippen LogP contribution >= 0.6 is 0 Å². The molecule has 2 aliphatic carbocycles. The van der Waals surface area contributed by atoms with Gasteiger partial charge in [0.05, 0.1) is 6.61 Å². The minimum absolute atomic E-state index is 0.0771. The number of aliphatic hydroxyl groups is 1. The van der Waals surface area contributed by atoms with Crippen LogP contribution in [-0.4, -0.2) is 72.4 Å². The third-order valence-electron chi connectivity index (χ3n) is 5.14. The second-order valence-electron chi connectivity index (χ2n) is 7.47. The van der Waals surface area contributed by atoms with E-state index in [4.69, 9.17) is 0 Å². The summed E-state index contributed by atoms with van der Waals surface area (Å²) in [6.45, 7) is 9.78. The molecular weight excluding hydrogens is 250 g/mol. The van der Waals surface area contributed by atoms with Crippen LogP contribution in [0.3, 0.4) is 0 Å². The summed E-state index contributed by atoms with van der Waals surface area (Å²) < 4.78 is 0. The van der Waals surface area contributed by atoms with Gasteiger partial charge in [-0.05, 0) is 44.9 Å². The zero-order valence-electron chi connectivity index (χ0n) is 13.0. The Hall–Kier alpha value is -0.160. The van der Waals surface area contributed by atoms with Crippen molar-refractivity contribution in [2.75, 3.05) is 45.9 Å². The molecule has 1 saturated heterocycles. The van der Waals surface area contributed by atoms with Crippen LogP contribution in [0.25, 0.3) is 0 Å². The summed E-state index contributed by atoms with van der Waals surface area (Å²) in [4.78, 5) is 5.22. The number of nitrogens with one attached hydrogen (secondary N) is 1. The lowest BCUT2D eigenvalue weighted by molar-refractivity contribution is 0.103. The summed E-state index contributed by atoms with van der Waals surface area (Å²) in [7, 11) is 0. The first kappa shape index (κ1) is 14.8. The van der Waals surface area contributed by atoms with Gasteiger partial charge in [-0.25, -0.2) is 0 Å². The quantitative estimate of drug-likeness (QED) is 0.694. The fourth-order valence-corrected chi connectivity index (χ4v) is 3.18. The molecule has 1 atom stereocenters. The molecule has 0 spiro atoms. The zero-order valence-corrected chi connectivity index (χ0v) is 13.0. The predicted octanol–water partition coefficient (Wildman–Crippen LogP) is 0.907. The molecule has 2 saturated carbocycles. The first-order valence-electron chi connectivity index (χ1n) is 8.50. The van der Waals surface area contributed by atoms with Gasteiger partial charge in [-0.1, -0.05) is 0 Å². The minimum atomic E-state index is -0.0771. The summed E-state index contributed by atoms with van der Waals surface area (Å²) in [5.74, 6) is 1.02. The van der Waals surface area contributed by atoms with Crippen molar-refractivity contribution >= 4 is 0 Å². The molecule has 0 radical (unpaired) electrons. The second-order valence-corrected chi connectivity index (χ2v) is 7.47.